The lowest BCUT2D eigenvalue weighted by atomic mass is 9.81. The Balaban J connectivity index is 1.34. The Morgan fingerprint density at radius 3 is 2.28 bits per heavy atom. The van der Waals surface area contributed by atoms with Crippen molar-refractivity contribution in [2.75, 3.05) is 13.7 Å². The number of methoxy groups -OCH3 is 1. The maximum atomic E-state index is 9.41. The lowest BCUT2D eigenvalue weighted by Gasteiger charge is -2.29. The van der Waals surface area contributed by atoms with Crippen LogP contribution in [0.4, 0.5) is 0 Å². The maximum absolute atomic E-state index is 9.41. The van der Waals surface area contributed by atoms with Crippen molar-refractivity contribution in [1.82, 2.24) is 5.32 Å². The maximum Gasteiger partial charge on any atom is 0.118 e. The highest BCUT2D eigenvalue weighted by Gasteiger charge is 2.21. The molecule has 25 heavy (non-hydrogen) atoms. The summed E-state index contributed by atoms with van der Waals surface area (Å²) < 4.78 is 5.20. The van der Waals surface area contributed by atoms with Gasteiger partial charge in [-0.05, 0) is 86.4 Å². The van der Waals surface area contributed by atoms with Gasteiger partial charge in [-0.2, -0.15) is 0 Å². The number of rotatable bonds is 7. The van der Waals surface area contributed by atoms with E-state index in [-0.39, 0.29) is 0 Å². The third-order valence-electron chi connectivity index (χ3n) is 5.33. The molecule has 0 aromatic heterocycles. The molecule has 0 unspecified atom stereocenters. The average molecular weight is 339 g/mol. The molecule has 0 amide bonds. The van der Waals surface area contributed by atoms with Gasteiger partial charge in [-0.25, -0.2) is 0 Å². The van der Waals surface area contributed by atoms with E-state index in [4.69, 9.17) is 4.74 Å². The van der Waals surface area contributed by atoms with E-state index in [2.05, 4.69) is 29.6 Å². The molecule has 1 aliphatic carbocycles. The molecule has 134 valence electrons. The second kappa shape index (κ2) is 8.91. The molecule has 0 heterocycles. The first-order valence-corrected chi connectivity index (χ1v) is 9.40. The molecule has 0 saturated heterocycles. The van der Waals surface area contributed by atoms with E-state index in [0.717, 1.165) is 18.7 Å². The predicted octanol–water partition coefficient (Wildman–Crippen LogP) is 4.65. The summed E-state index contributed by atoms with van der Waals surface area (Å²) in [6.45, 7) is 1.08. The number of ether oxygens (including phenoxy) is 1. The van der Waals surface area contributed by atoms with Crippen molar-refractivity contribution in [3.8, 4) is 11.5 Å². The van der Waals surface area contributed by atoms with Gasteiger partial charge in [-0.3, -0.25) is 0 Å². The molecule has 0 atom stereocenters. The van der Waals surface area contributed by atoms with Gasteiger partial charge in [0.1, 0.15) is 11.5 Å². The standard InChI is InChI=1S/C22H29NO2/c1-25-22-14-4-17(5-15-22)3-2-16-23-20-10-6-18(7-11-20)19-8-12-21(24)13-9-19/h4-5,8-9,12-15,18,20,23-24H,2-3,6-7,10-11,16H2,1H3. The van der Waals surface area contributed by atoms with Gasteiger partial charge in [0.2, 0.25) is 0 Å². The van der Waals surface area contributed by atoms with Crippen molar-refractivity contribution in [1.29, 1.82) is 0 Å². The quantitative estimate of drug-likeness (QED) is 0.722. The minimum atomic E-state index is 0.357. The number of hydrogen-bond donors (Lipinski definition) is 2. The highest BCUT2D eigenvalue weighted by Crippen LogP contribution is 2.33. The van der Waals surface area contributed by atoms with Crippen LogP contribution in [0, 0.1) is 0 Å². The molecule has 2 aromatic carbocycles. The number of phenols is 1. The lowest BCUT2D eigenvalue weighted by Crippen LogP contribution is -2.33. The smallest absolute Gasteiger partial charge is 0.118 e. The van der Waals surface area contributed by atoms with E-state index in [1.54, 1.807) is 19.2 Å². The molecule has 0 spiro atoms. The highest BCUT2D eigenvalue weighted by atomic mass is 16.5. The monoisotopic (exact) mass is 339 g/mol. The van der Waals surface area contributed by atoms with E-state index in [1.807, 2.05) is 12.1 Å². The number of nitrogens with one attached hydrogen (secondary N) is 1. The summed E-state index contributed by atoms with van der Waals surface area (Å²) in [6, 6.07) is 16.8. The summed E-state index contributed by atoms with van der Waals surface area (Å²) in [7, 11) is 1.70. The largest absolute Gasteiger partial charge is 0.508 e. The predicted molar refractivity (Wildman–Crippen MR) is 102 cm³/mol. The van der Waals surface area contributed by atoms with Gasteiger partial charge < -0.3 is 15.2 Å². The lowest BCUT2D eigenvalue weighted by molar-refractivity contribution is 0.342. The van der Waals surface area contributed by atoms with Crippen molar-refractivity contribution in [3.05, 3.63) is 59.7 Å². The molecule has 1 fully saturated rings. The summed E-state index contributed by atoms with van der Waals surface area (Å²) in [5.41, 5.74) is 2.74. The molecule has 0 bridgehead atoms. The molecule has 2 aromatic rings. The molecule has 1 aliphatic rings. The second-order valence-corrected chi connectivity index (χ2v) is 7.05. The minimum absolute atomic E-state index is 0.357. The first kappa shape index (κ1) is 17.8. The van der Waals surface area contributed by atoms with Gasteiger partial charge in [0.05, 0.1) is 7.11 Å². The van der Waals surface area contributed by atoms with Crippen LogP contribution in [-0.2, 0) is 6.42 Å². The van der Waals surface area contributed by atoms with Crippen molar-refractivity contribution >= 4 is 0 Å². The normalized spacial score (nSPS) is 20.4. The van der Waals surface area contributed by atoms with E-state index in [9.17, 15) is 5.11 Å². The van der Waals surface area contributed by atoms with Crippen LogP contribution in [0.15, 0.2) is 48.5 Å². The van der Waals surface area contributed by atoms with Crippen LogP contribution in [0.2, 0.25) is 0 Å². The van der Waals surface area contributed by atoms with Crippen LogP contribution in [-0.4, -0.2) is 24.8 Å². The van der Waals surface area contributed by atoms with E-state index >= 15 is 0 Å². The van der Waals surface area contributed by atoms with E-state index in [1.165, 1.54) is 43.2 Å². The van der Waals surface area contributed by atoms with Gasteiger partial charge in [0.15, 0.2) is 0 Å². The Morgan fingerprint density at radius 2 is 1.64 bits per heavy atom. The van der Waals surface area contributed by atoms with Crippen molar-refractivity contribution < 1.29 is 9.84 Å². The zero-order valence-corrected chi connectivity index (χ0v) is 15.1. The number of aromatic hydroxyl groups is 1. The fourth-order valence-corrected chi connectivity index (χ4v) is 3.77. The zero-order valence-electron chi connectivity index (χ0n) is 15.1. The van der Waals surface area contributed by atoms with E-state index < -0.39 is 0 Å². The first-order valence-electron chi connectivity index (χ1n) is 9.40. The van der Waals surface area contributed by atoms with Crippen LogP contribution in [0.3, 0.4) is 0 Å². The Bertz CT molecular complexity index is 628. The molecular weight excluding hydrogens is 310 g/mol. The Labute approximate surface area is 151 Å². The van der Waals surface area contributed by atoms with Crippen LogP contribution in [0.1, 0.15) is 49.1 Å². The van der Waals surface area contributed by atoms with Gasteiger partial charge in [-0.1, -0.05) is 24.3 Å². The van der Waals surface area contributed by atoms with Crippen LogP contribution < -0.4 is 10.1 Å². The Hall–Kier alpha value is -2.00. The molecule has 0 radical (unpaired) electrons. The summed E-state index contributed by atoms with van der Waals surface area (Å²) in [5, 5.41) is 13.1. The topological polar surface area (TPSA) is 41.5 Å². The SMILES string of the molecule is COc1ccc(CCCNC2CCC(c3ccc(O)cc3)CC2)cc1. The Morgan fingerprint density at radius 1 is 0.960 bits per heavy atom. The summed E-state index contributed by atoms with van der Waals surface area (Å²) in [4.78, 5) is 0. The van der Waals surface area contributed by atoms with Gasteiger partial charge in [-0.15, -0.1) is 0 Å². The number of hydrogen-bond acceptors (Lipinski definition) is 3. The second-order valence-electron chi connectivity index (χ2n) is 7.05. The van der Waals surface area contributed by atoms with Gasteiger partial charge in [0.25, 0.3) is 0 Å². The molecule has 0 aliphatic heterocycles. The number of benzene rings is 2. The fraction of sp³-hybridized carbons (Fsp3) is 0.455. The molecule has 3 rings (SSSR count). The Kier molecular flexibility index (Phi) is 6.35. The van der Waals surface area contributed by atoms with Gasteiger partial charge in [0, 0.05) is 6.04 Å². The highest BCUT2D eigenvalue weighted by molar-refractivity contribution is 5.29. The third kappa shape index (κ3) is 5.23. The zero-order chi connectivity index (χ0) is 17.5. The van der Waals surface area contributed by atoms with Crippen molar-refractivity contribution in [3.63, 3.8) is 0 Å². The number of phenolic OH excluding ortho intramolecular Hbond substituents is 1. The first-order chi connectivity index (χ1) is 12.2. The third-order valence-corrected chi connectivity index (χ3v) is 5.33. The molecule has 3 heteroatoms. The van der Waals surface area contributed by atoms with E-state index in [0.29, 0.717) is 17.7 Å². The van der Waals surface area contributed by atoms with Crippen molar-refractivity contribution in [2.24, 2.45) is 0 Å². The van der Waals surface area contributed by atoms with Crippen molar-refractivity contribution in [2.45, 2.75) is 50.5 Å². The molecule has 3 nitrogen and oxygen atoms in total. The average Bonchev–Trinajstić information content (AvgIpc) is 2.67. The van der Waals surface area contributed by atoms with Crippen LogP contribution >= 0.6 is 0 Å². The fourth-order valence-electron chi connectivity index (χ4n) is 3.77. The number of aryl methyl sites for hydroxylation is 1. The molecule has 1 saturated carbocycles. The van der Waals surface area contributed by atoms with Crippen LogP contribution in [0.5, 0.6) is 11.5 Å². The van der Waals surface area contributed by atoms with Crippen LogP contribution in [0.25, 0.3) is 0 Å². The summed E-state index contributed by atoms with van der Waals surface area (Å²) in [5.74, 6) is 1.93. The minimum Gasteiger partial charge on any atom is -0.508 e. The summed E-state index contributed by atoms with van der Waals surface area (Å²) in [6.07, 6.45) is 7.24. The molecule has 2 N–H and O–H groups in total. The summed E-state index contributed by atoms with van der Waals surface area (Å²) >= 11 is 0. The van der Waals surface area contributed by atoms with Gasteiger partial charge >= 0.3 is 0 Å². The molecular formula is C22H29NO2.